The van der Waals surface area contributed by atoms with Crippen LogP contribution in [0.1, 0.15) is 38.2 Å². The van der Waals surface area contributed by atoms with Crippen molar-refractivity contribution in [2.24, 2.45) is 0 Å². The van der Waals surface area contributed by atoms with Crippen molar-refractivity contribution in [2.75, 3.05) is 6.54 Å². The van der Waals surface area contributed by atoms with Crippen molar-refractivity contribution in [1.82, 2.24) is 10.6 Å². The molecule has 0 saturated heterocycles. The van der Waals surface area contributed by atoms with Crippen molar-refractivity contribution >= 4 is 5.91 Å². The minimum absolute atomic E-state index is 0.105. The molecule has 0 spiro atoms. The van der Waals surface area contributed by atoms with E-state index in [-0.39, 0.29) is 23.9 Å². The molecule has 1 fully saturated rings. The third-order valence-electron chi connectivity index (χ3n) is 3.97. The van der Waals surface area contributed by atoms with Gasteiger partial charge in [0, 0.05) is 17.6 Å². The summed E-state index contributed by atoms with van der Waals surface area (Å²) in [5.74, 6) is -2.08. The minimum atomic E-state index is -0.927. The van der Waals surface area contributed by atoms with E-state index in [1.807, 2.05) is 0 Å². The van der Waals surface area contributed by atoms with Crippen molar-refractivity contribution in [3.8, 4) is 0 Å². The van der Waals surface area contributed by atoms with E-state index in [1.54, 1.807) is 0 Å². The minimum Gasteiger partial charge on any atom is -0.353 e. The number of amides is 1. The van der Waals surface area contributed by atoms with E-state index < -0.39 is 11.6 Å². The predicted molar refractivity (Wildman–Crippen MR) is 77.9 cm³/mol. The number of carbonyl (C=O) groups excluding carboxylic acids is 1. The first kappa shape index (κ1) is 15.9. The molecule has 116 valence electrons. The summed E-state index contributed by atoms with van der Waals surface area (Å²) in [6.07, 6.45) is 3.81. The van der Waals surface area contributed by atoms with Crippen molar-refractivity contribution in [2.45, 2.75) is 51.1 Å². The number of nitrogens with one attached hydrogen (secondary N) is 2. The van der Waals surface area contributed by atoms with Gasteiger partial charge in [0.1, 0.15) is 0 Å². The zero-order valence-corrected chi connectivity index (χ0v) is 12.3. The molecule has 2 rings (SSSR count). The lowest BCUT2D eigenvalue weighted by atomic mass is 9.91. The van der Waals surface area contributed by atoms with Crippen LogP contribution in [0.5, 0.6) is 0 Å². The van der Waals surface area contributed by atoms with E-state index in [1.165, 1.54) is 12.1 Å². The summed E-state index contributed by atoms with van der Waals surface area (Å²) in [6.45, 7) is 3.04. The van der Waals surface area contributed by atoms with Gasteiger partial charge in [-0.2, -0.15) is 0 Å². The van der Waals surface area contributed by atoms with E-state index in [2.05, 4.69) is 17.6 Å². The third-order valence-corrected chi connectivity index (χ3v) is 3.97. The first-order valence-electron chi connectivity index (χ1n) is 7.55. The van der Waals surface area contributed by atoms with E-state index in [4.69, 9.17) is 0 Å². The van der Waals surface area contributed by atoms with E-state index in [0.29, 0.717) is 6.04 Å². The Bertz CT molecular complexity index is 485. The van der Waals surface area contributed by atoms with Crippen molar-refractivity contribution in [3.63, 3.8) is 0 Å². The summed E-state index contributed by atoms with van der Waals surface area (Å²) in [5, 5.41) is 6.33. The molecule has 1 amide bonds. The zero-order valence-electron chi connectivity index (χ0n) is 12.3. The Balaban J connectivity index is 1.81. The Morgan fingerprint density at radius 3 is 2.52 bits per heavy atom. The summed E-state index contributed by atoms with van der Waals surface area (Å²) in [4.78, 5) is 11.9. The molecule has 0 atom stereocenters. The number of hydrogen-bond donors (Lipinski definition) is 2. The van der Waals surface area contributed by atoms with Gasteiger partial charge in [-0.1, -0.05) is 19.1 Å². The van der Waals surface area contributed by atoms with Gasteiger partial charge in [0.15, 0.2) is 11.6 Å². The molecule has 21 heavy (non-hydrogen) atoms. The lowest BCUT2D eigenvalue weighted by Gasteiger charge is -2.29. The molecule has 2 N–H and O–H groups in total. The second-order valence-corrected chi connectivity index (χ2v) is 5.56. The summed E-state index contributed by atoms with van der Waals surface area (Å²) in [6, 6.07) is 4.59. The molecule has 1 aromatic rings. The number of hydrogen-bond acceptors (Lipinski definition) is 2. The smallest absolute Gasteiger partial charge is 0.224 e. The lowest BCUT2D eigenvalue weighted by Crippen LogP contribution is -2.42. The maximum atomic E-state index is 13.5. The van der Waals surface area contributed by atoms with Gasteiger partial charge >= 0.3 is 0 Å². The van der Waals surface area contributed by atoms with Crippen LogP contribution in [0.15, 0.2) is 18.2 Å². The highest BCUT2D eigenvalue weighted by Gasteiger charge is 2.22. The molecule has 0 aliphatic heterocycles. The Kier molecular flexibility index (Phi) is 5.67. The summed E-state index contributed by atoms with van der Waals surface area (Å²) in [5.41, 5.74) is 0.105. The Labute approximate surface area is 124 Å². The molecule has 0 aromatic heterocycles. The summed E-state index contributed by atoms with van der Waals surface area (Å²) >= 11 is 0. The quantitative estimate of drug-likeness (QED) is 0.877. The van der Waals surface area contributed by atoms with Crippen LogP contribution in [0.4, 0.5) is 8.78 Å². The number of carbonyl (C=O) groups is 1. The standard InChI is InChI=1S/C16H22F2N2O/c1-2-19-12-6-8-13(9-7-12)20-15(21)10-11-4-3-5-14(17)16(11)18/h3-5,12-13,19H,2,6-10H2,1H3,(H,20,21). The number of benzene rings is 1. The van der Waals surface area contributed by atoms with Gasteiger partial charge in [0.2, 0.25) is 5.91 Å². The second-order valence-electron chi connectivity index (χ2n) is 5.56. The van der Waals surface area contributed by atoms with Crippen LogP contribution >= 0.6 is 0 Å². The fraction of sp³-hybridized carbons (Fsp3) is 0.562. The average molecular weight is 296 g/mol. The van der Waals surface area contributed by atoms with Crippen LogP contribution in [0.3, 0.4) is 0 Å². The van der Waals surface area contributed by atoms with Gasteiger partial charge in [-0.3, -0.25) is 4.79 Å². The van der Waals surface area contributed by atoms with Crippen LogP contribution in [-0.4, -0.2) is 24.5 Å². The predicted octanol–water partition coefficient (Wildman–Crippen LogP) is 2.54. The molecule has 1 aromatic carbocycles. The Hall–Kier alpha value is -1.49. The highest BCUT2D eigenvalue weighted by atomic mass is 19.2. The molecule has 0 bridgehead atoms. The van der Waals surface area contributed by atoms with Crippen LogP contribution in [0, 0.1) is 11.6 Å². The number of halogens is 2. The molecule has 1 aliphatic carbocycles. The molecular weight excluding hydrogens is 274 g/mol. The second kappa shape index (κ2) is 7.50. The molecule has 5 heteroatoms. The average Bonchev–Trinajstić information content (AvgIpc) is 2.46. The SMILES string of the molecule is CCNC1CCC(NC(=O)Cc2cccc(F)c2F)CC1. The van der Waals surface area contributed by atoms with E-state index in [0.717, 1.165) is 38.3 Å². The third kappa shape index (κ3) is 4.49. The fourth-order valence-electron chi connectivity index (χ4n) is 2.87. The van der Waals surface area contributed by atoms with Crippen molar-refractivity contribution in [1.29, 1.82) is 0 Å². The monoisotopic (exact) mass is 296 g/mol. The number of rotatable bonds is 5. The lowest BCUT2D eigenvalue weighted by molar-refractivity contribution is -0.121. The summed E-state index contributed by atoms with van der Waals surface area (Å²) < 4.78 is 26.6. The highest BCUT2D eigenvalue weighted by Crippen LogP contribution is 2.19. The van der Waals surface area contributed by atoms with Gasteiger partial charge in [-0.15, -0.1) is 0 Å². The zero-order chi connectivity index (χ0) is 15.2. The van der Waals surface area contributed by atoms with Gasteiger partial charge in [0.25, 0.3) is 0 Å². The fourth-order valence-corrected chi connectivity index (χ4v) is 2.87. The van der Waals surface area contributed by atoms with Gasteiger partial charge in [-0.25, -0.2) is 8.78 Å². The Morgan fingerprint density at radius 1 is 1.19 bits per heavy atom. The molecule has 0 unspecified atom stereocenters. The van der Waals surface area contributed by atoms with Crippen molar-refractivity contribution in [3.05, 3.63) is 35.4 Å². The van der Waals surface area contributed by atoms with E-state index >= 15 is 0 Å². The molecule has 3 nitrogen and oxygen atoms in total. The maximum Gasteiger partial charge on any atom is 0.224 e. The van der Waals surface area contributed by atoms with E-state index in [9.17, 15) is 13.6 Å². The Morgan fingerprint density at radius 2 is 1.86 bits per heavy atom. The van der Waals surface area contributed by atoms with Crippen LogP contribution in [0.25, 0.3) is 0 Å². The summed E-state index contributed by atoms with van der Waals surface area (Å²) in [7, 11) is 0. The molecule has 1 saturated carbocycles. The topological polar surface area (TPSA) is 41.1 Å². The normalized spacial score (nSPS) is 22.0. The molecule has 0 heterocycles. The van der Waals surface area contributed by atoms with Crippen LogP contribution in [0.2, 0.25) is 0 Å². The molecule has 1 aliphatic rings. The van der Waals surface area contributed by atoms with Gasteiger partial charge in [-0.05, 0) is 38.3 Å². The maximum absolute atomic E-state index is 13.5. The van der Waals surface area contributed by atoms with Gasteiger partial charge < -0.3 is 10.6 Å². The highest BCUT2D eigenvalue weighted by molar-refractivity contribution is 5.78. The van der Waals surface area contributed by atoms with Crippen molar-refractivity contribution < 1.29 is 13.6 Å². The first-order valence-corrected chi connectivity index (χ1v) is 7.55. The molecule has 0 radical (unpaired) electrons. The van der Waals surface area contributed by atoms with Crippen LogP contribution in [-0.2, 0) is 11.2 Å². The first-order chi connectivity index (χ1) is 10.1. The van der Waals surface area contributed by atoms with Gasteiger partial charge in [0.05, 0.1) is 6.42 Å². The largest absolute Gasteiger partial charge is 0.353 e. The van der Waals surface area contributed by atoms with Crippen LogP contribution < -0.4 is 10.6 Å². The molecular formula is C16H22F2N2O.